The maximum Gasteiger partial charge on any atom is -0.00258 e. The van der Waals surface area contributed by atoms with Gasteiger partial charge in [-0.1, -0.05) is 415 Å². The van der Waals surface area contributed by atoms with Crippen molar-refractivity contribution in [3.8, 4) is 11.1 Å². The van der Waals surface area contributed by atoms with Gasteiger partial charge in [0.25, 0.3) is 0 Å². The quantitative estimate of drug-likeness (QED) is 0.166. The van der Waals surface area contributed by atoms with E-state index in [2.05, 4.69) is 158 Å². The molecular formula is C71H128. The average Bonchev–Trinajstić information content (AvgIpc) is 3.52. The molecule has 7 aromatic rings. The minimum Gasteiger partial charge on any atom is -0.0776 e. The van der Waals surface area contributed by atoms with E-state index in [4.69, 9.17) is 0 Å². The van der Waals surface area contributed by atoms with Crippen molar-refractivity contribution < 1.29 is 0 Å². The van der Waals surface area contributed by atoms with Crippen LogP contribution in [0.15, 0.2) is 206 Å². The molecule has 0 bridgehead atoms. The van der Waals surface area contributed by atoms with Gasteiger partial charge in [0.1, 0.15) is 0 Å². The molecule has 0 fully saturated rings. The van der Waals surface area contributed by atoms with Crippen LogP contribution >= 0.6 is 0 Å². The van der Waals surface area contributed by atoms with E-state index in [0.717, 1.165) is 6.42 Å². The molecule has 0 aliphatic rings. The molecule has 7 rings (SSSR count). The summed E-state index contributed by atoms with van der Waals surface area (Å²) in [6.07, 6.45) is 1.03. The van der Waals surface area contributed by atoms with Crippen molar-refractivity contribution in [2.24, 2.45) is 0 Å². The van der Waals surface area contributed by atoms with Crippen LogP contribution in [0.5, 0.6) is 0 Å². The molecule has 0 aromatic heterocycles. The van der Waals surface area contributed by atoms with Crippen LogP contribution in [0.25, 0.3) is 21.9 Å². The standard InChI is InChI=1S/C13H12.C12H10.C10H8.C6H6.14C2H6.2CH4/c1-3-7-12(8-4-1)11-13-9-5-2-6-10-13;1-3-7-11(8-4-1)12-9-5-2-6-10-12;1-2-6-10-8-4-3-7-9(10)5-1;1-2-4-6-5-3-1;14*1-2;;/h1-10H,11H2;1-10H;1-8H;1-6H;14*1-2H3;2*1H4. The van der Waals surface area contributed by atoms with Crippen LogP contribution < -0.4 is 0 Å². The summed E-state index contributed by atoms with van der Waals surface area (Å²) in [6, 6.07) is 70.6. The molecule has 0 aliphatic heterocycles. The van der Waals surface area contributed by atoms with Gasteiger partial charge < -0.3 is 0 Å². The zero-order valence-electron chi connectivity index (χ0n) is 51.3. The van der Waals surface area contributed by atoms with Crippen LogP contribution in [0.3, 0.4) is 0 Å². The molecule has 0 aliphatic carbocycles. The van der Waals surface area contributed by atoms with Crippen LogP contribution in [0.4, 0.5) is 0 Å². The van der Waals surface area contributed by atoms with Crippen molar-refractivity contribution in [3.05, 3.63) is 217 Å². The molecule has 71 heavy (non-hydrogen) atoms. The second kappa shape index (κ2) is 115. The number of hydrogen-bond acceptors (Lipinski definition) is 0. The van der Waals surface area contributed by atoms with E-state index >= 15 is 0 Å². The highest BCUT2D eigenvalue weighted by atomic mass is 14.0. The highest BCUT2D eigenvalue weighted by molar-refractivity contribution is 5.82. The first-order chi connectivity index (χ1) is 34.4. The zero-order valence-corrected chi connectivity index (χ0v) is 51.3. The lowest BCUT2D eigenvalue weighted by atomic mass is 10.1. The predicted molar refractivity (Wildman–Crippen MR) is 350 cm³/mol. The normalized spacial score (nSPS) is 6.70. The Hall–Kier alpha value is -5.20. The summed E-state index contributed by atoms with van der Waals surface area (Å²) in [5.41, 5.74) is 5.29. The molecule has 0 nitrogen and oxygen atoms in total. The number of fused-ring (bicyclic) bond motifs is 1. The van der Waals surface area contributed by atoms with E-state index in [9.17, 15) is 0 Å². The number of rotatable bonds is 3. The molecule has 0 saturated carbocycles. The lowest BCUT2D eigenvalue weighted by Crippen LogP contribution is -1.85. The molecule has 0 heterocycles. The molecule has 7 aromatic carbocycles. The molecule has 0 saturated heterocycles. The molecular weight excluding hydrogens is 853 g/mol. The number of hydrogen-bond donors (Lipinski definition) is 0. The van der Waals surface area contributed by atoms with Crippen LogP contribution in [-0.4, -0.2) is 0 Å². The fourth-order valence-electron chi connectivity index (χ4n) is 4.21. The van der Waals surface area contributed by atoms with Gasteiger partial charge in [0, 0.05) is 0 Å². The van der Waals surface area contributed by atoms with Gasteiger partial charge in [-0.2, -0.15) is 0 Å². The summed E-state index contributed by atoms with van der Waals surface area (Å²) < 4.78 is 0. The Morgan fingerprint density at radius 3 is 0.465 bits per heavy atom. The molecule has 0 spiro atoms. The lowest BCUT2D eigenvalue weighted by molar-refractivity contribution is 1.19. The molecule has 0 atom stereocenters. The maximum absolute atomic E-state index is 2.16. The smallest absolute Gasteiger partial charge is 0.00258 e. The van der Waals surface area contributed by atoms with E-state index < -0.39 is 0 Å². The lowest BCUT2D eigenvalue weighted by Gasteiger charge is -2.00. The summed E-state index contributed by atoms with van der Waals surface area (Å²) in [6.45, 7) is 56.0. The zero-order chi connectivity index (χ0) is 56.2. The van der Waals surface area contributed by atoms with Crippen LogP contribution in [-0.2, 0) is 6.42 Å². The van der Waals surface area contributed by atoms with Gasteiger partial charge in [0.05, 0.1) is 0 Å². The van der Waals surface area contributed by atoms with Crippen molar-refractivity contribution in [2.75, 3.05) is 0 Å². The van der Waals surface area contributed by atoms with Crippen molar-refractivity contribution in [1.29, 1.82) is 0 Å². The Morgan fingerprint density at radius 1 is 0.169 bits per heavy atom. The topological polar surface area (TPSA) is 0 Å². The van der Waals surface area contributed by atoms with Gasteiger partial charge in [-0.25, -0.2) is 0 Å². The second-order valence-electron chi connectivity index (χ2n) is 9.38. The predicted octanol–water partition coefficient (Wildman–Crippen LogP) is 26.8. The molecule has 0 unspecified atom stereocenters. The van der Waals surface area contributed by atoms with Crippen molar-refractivity contribution in [2.45, 2.75) is 215 Å². The van der Waals surface area contributed by atoms with Crippen LogP contribution in [0, 0.1) is 0 Å². The third-order valence-corrected chi connectivity index (χ3v) is 6.30. The van der Waals surface area contributed by atoms with E-state index in [-0.39, 0.29) is 14.9 Å². The average molecular weight is 982 g/mol. The van der Waals surface area contributed by atoms with Crippen molar-refractivity contribution in [1.82, 2.24) is 0 Å². The fourth-order valence-corrected chi connectivity index (χ4v) is 4.21. The Labute approximate surface area is 452 Å². The first kappa shape index (κ1) is 99.1. The van der Waals surface area contributed by atoms with Gasteiger partial charge in [-0.15, -0.1) is 0 Å². The van der Waals surface area contributed by atoms with Gasteiger partial charge in [0.15, 0.2) is 0 Å². The Balaban J connectivity index is -0.0000000494. The minimum absolute atomic E-state index is 0. The second-order valence-corrected chi connectivity index (χ2v) is 9.38. The largest absolute Gasteiger partial charge is 0.0776 e. The summed E-state index contributed by atoms with van der Waals surface area (Å²) in [7, 11) is 0. The van der Waals surface area contributed by atoms with E-state index in [1.54, 1.807) is 0 Å². The van der Waals surface area contributed by atoms with E-state index in [1.165, 1.54) is 33.0 Å². The van der Waals surface area contributed by atoms with Crippen LogP contribution in [0.2, 0.25) is 0 Å². The molecule has 0 heteroatoms. The molecule has 0 amide bonds. The Morgan fingerprint density at radius 2 is 0.296 bits per heavy atom. The van der Waals surface area contributed by atoms with Crippen molar-refractivity contribution in [3.63, 3.8) is 0 Å². The van der Waals surface area contributed by atoms with Gasteiger partial charge >= 0.3 is 0 Å². The summed E-state index contributed by atoms with van der Waals surface area (Å²) >= 11 is 0. The monoisotopic (exact) mass is 981 g/mol. The van der Waals surface area contributed by atoms with Gasteiger partial charge in [-0.3, -0.25) is 0 Å². The fraction of sp³-hybridized carbons (Fsp3) is 0.437. The Bertz CT molecular complexity index is 1440. The van der Waals surface area contributed by atoms with Crippen LogP contribution in [0.1, 0.15) is 220 Å². The highest BCUT2D eigenvalue weighted by Crippen LogP contribution is 2.17. The van der Waals surface area contributed by atoms with E-state index in [1.807, 2.05) is 242 Å². The summed E-state index contributed by atoms with van der Waals surface area (Å²) in [5, 5.41) is 2.62. The highest BCUT2D eigenvalue weighted by Gasteiger charge is 1.93. The first-order valence-corrected chi connectivity index (χ1v) is 28.0. The van der Waals surface area contributed by atoms with Gasteiger partial charge in [-0.05, 0) is 39.4 Å². The first-order valence-electron chi connectivity index (χ1n) is 28.0. The minimum atomic E-state index is 0. The van der Waals surface area contributed by atoms with Crippen molar-refractivity contribution >= 4 is 10.8 Å². The molecule has 0 N–H and O–H groups in total. The van der Waals surface area contributed by atoms with E-state index in [0.29, 0.717) is 0 Å². The molecule has 412 valence electrons. The Kier molecular flexibility index (Phi) is 161. The third-order valence-electron chi connectivity index (χ3n) is 6.30. The SMILES string of the molecule is C.C.CC.CC.CC.CC.CC.CC.CC.CC.CC.CC.CC.CC.CC.CC.c1ccc(-c2ccccc2)cc1.c1ccc(Cc2ccccc2)cc1.c1ccc2ccccc2c1.c1ccccc1. The number of benzene rings is 7. The third kappa shape index (κ3) is 73.9. The summed E-state index contributed by atoms with van der Waals surface area (Å²) in [5.74, 6) is 0. The maximum atomic E-state index is 2.16. The molecule has 0 radical (unpaired) electrons. The van der Waals surface area contributed by atoms with Gasteiger partial charge in [0.2, 0.25) is 0 Å². The summed E-state index contributed by atoms with van der Waals surface area (Å²) in [4.78, 5) is 0.